The highest BCUT2D eigenvalue weighted by Crippen LogP contribution is 2.39. The second kappa shape index (κ2) is 12.7. The number of azo groups is 1. The van der Waals surface area contributed by atoms with Crippen LogP contribution < -0.4 is 10.1 Å². The Bertz CT molecular complexity index is 1670. The van der Waals surface area contributed by atoms with E-state index < -0.39 is 55.5 Å². The lowest BCUT2D eigenvalue weighted by molar-refractivity contribution is -0.394. The number of ether oxygens (including phenoxy) is 3. The molecule has 0 aliphatic carbocycles. The standard InChI is InChI=1S/C28H26N6O11/c1-27(2,3)45-26(36)29-28(25(35)43-16-17-4-8-19(9-5-17)32(37)38)15-22(30-31-28)18-6-11-21(12-7-18)44-24-13-10-20(33(39)40)14-23(24)34(41)42/h4-14,22H,15-16H2,1-3H3,(H,29,36). The summed E-state index contributed by atoms with van der Waals surface area (Å²) in [6.07, 6.45) is -1.10. The fourth-order valence-electron chi connectivity index (χ4n) is 4.15. The molecular formula is C28H26N6O11. The van der Waals surface area contributed by atoms with Crippen molar-refractivity contribution < 1.29 is 38.6 Å². The number of nitro groups is 3. The Hall–Kier alpha value is -6.00. The quantitative estimate of drug-likeness (QED) is 0.155. The molecule has 1 amide bonds. The third-order valence-electron chi connectivity index (χ3n) is 6.26. The zero-order chi connectivity index (χ0) is 32.9. The second-order valence-electron chi connectivity index (χ2n) is 10.8. The van der Waals surface area contributed by atoms with Gasteiger partial charge in [-0.2, -0.15) is 10.2 Å². The van der Waals surface area contributed by atoms with Gasteiger partial charge in [0.15, 0.2) is 0 Å². The van der Waals surface area contributed by atoms with E-state index in [0.29, 0.717) is 11.1 Å². The molecule has 3 aromatic rings. The summed E-state index contributed by atoms with van der Waals surface area (Å²) >= 11 is 0. The van der Waals surface area contributed by atoms with Gasteiger partial charge in [-0.1, -0.05) is 12.1 Å². The van der Waals surface area contributed by atoms with Crippen molar-refractivity contribution in [3.8, 4) is 11.5 Å². The smallest absolute Gasteiger partial charge is 0.410 e. The minimum atomic E-state index is -1.96. The second-order valence-corrected chi connectivity index (χ2v) is 10.8. The lowest BCUT2D eigenvalue weighted by atomic mass is 9.97. The molecule has 2 atom stereocenters. The van der Waals surface area contributed by atoms with E-state index >= 15 is 0 Å². The first-order valence-corrected chi connectivity index (χ1v) is 13.2. The zero-order valence-electron chi connectivity index (χ0n) is 24.1. The molecule has 45 heavy (non-hydrogen) atoms. The molecule has 17 nitrogen and oxygen atoms in total. The maximum Gasteiger partial charge on any atom is 0.410 e. The van der Waals surface area contributed by atoms with Gasteiger partial charge in [-0.3, -0.25) is 35.7 Å². The number of nitro benzene ring substituents is 3. The van der Waals surface area contributed by atoms with E-state index in [1.807, 2.05) is 0 Å². The van der Waals surface area contributed by atoms with Crippen molar-refractivity contribution in [3.05, 3.63) is 108 Å². The third-order valence-corrected chi connectivity index (χ3v) is 6.26. The Morgan fingerprint density at radius 1 is 0.911 bits per heavy atom. The normalized spacial score (nSPS) is 17.3. The number of non-ortho nitro benzene ring substituents is 2. The number of carbonyl (C=O) groups is 2. The average Bonchev–Trinajstić information content (AvgIpc) is 3.40. The van der Waals surface area contributed by atoms with Crippen molar-refractivity contribution in [1.82, 2.24) is 5.32 Å². The number of alkyl carbamates (subject to hydrolysis) is 1. The summed E-state index contributed by atoms with van der Waals surface area (Å²) < 4.78 is 16.3. The first-order chi connectivity index (χ1) is 21.2. The van der Waals surface area contributed by atoms with Gasteiger partial charge >= 0.3 is 17.7 Å². The van der Waals surface area contributed by atoms with Gasteiger partial charge < -0.3 is 14.2 Å². The van der Waals surface area contributed by atoms with Gasteiger partial charge in [-0.15, -0.1) is 0 Å². The molecule has 1 aliphatic rings. The molecule has 1 aliphatic heterocycles. The Morgan fingerprint density at radius 2 is 1.53 bits per heavy atom. The number of nitrogens with zero attached hydrogens (tertiary/aromatic N) is 5. The van der Waals surface area contributed by atoms with Gasteiger partial charge in [-0.05, 0) is 62.2 Å². The first kappa shape index (κ1) is 31.9. The number of hydrogen-bond acceptors (Lipinski definition) is 13. The van der Waals surface area contributed by atoms with Gasteiger partial charge in [0.2, 0.25) is 5.75 Å². The minimum absolute atomic E-state index is 0.136. The van der Waals surface area contributed by atoms with Crippen LogP contribution in [0.3, 0.4) is 0 Å². The van der Waals surface area contributed by atoms with Crippen LogP contribution in [0.5, 0.6) is 11.5 Å². The van der Waals surface area contributed by atoms with Gasteiger partial charge in [-0.25, -0.2) is 9.59 Å². The lowest BCUT2D eigenvalue weighted by Gasteiger charge is -2.27. The van der Waals surface area contributed by atoms with E-state index in [0.717, 1.165) is 18.2 Å². The highest BCUT2D eigenvalue weighted by atomic mass is 16.6. The Kier molecular flexibility index (Phi) is 9.01. The number of carbonyl (C=O) groups excluding carboxylic acids is 2. The Morgan fingerprint density at radius 3 is 2.11 bits per heavy atom. The van der Waals surface area contributed by atoms with Crippen LogP contribution in [0.1, 0.15) is 44.4 Å². The molecule has 3 aromatic carbocycles. The summed E-state index contributed by atoms with van der Waals surface area (Å²) in [4.78, 5) is 57.2. The van der Waals surface area contributed by atoms with E-state index in [1.165, 1.54) is 36.4 Å². The molecule has 1 heterocycles. The Balaban J connectivity index is 1.51. The van der Waals surface area contributed by atoms with Gasteiger partial charge in [0, 0.05) is 24.6 Å². The molecule has 0 fully saturated rings. The molecule has 17 heteroatoms. The molecule has 4 rings (SSSR count). The lowest BCUT2D eigenvalue weighted by Crippen LogP contribution is -2.54. The fraction of sp³-hybridized carbons (Fsp3) is 0.286. The Labute approximate surface area is 254 Å². The summed E-state index contributed by atoms with van der Waals surface area (Å²) in [5.41, 5.74) is -3.05. The van der Waals surface area contributed by atoms with Crippen LogP contribution in [0.2, 0.25) is 0 Å². The van der Waals surface area contributed by atoms with Crippen molar-refractivity contribution >= 4 is 29.1 Å². The molecule has 0 saturated heterocycles. The summed E-state index contributed by atoms with van der Waals surface area (Å²) in [5.74, 6) is -0.982. The van der Waals surface area contributed by atoms with Crippen LogP contribution in [-0.4, -0.2) is 38.1 Å². The highest BCUT2D eigenvalue weighted by molar-refractivity contribution is 5.86. The molecule has 2 unspecified atom stereocenters. The third kappa shape index (κ3) is 7.89. The van der Waals surface area contributed by atoms with Crippen LogP contribution >= 0.6 is 0 Å². The summed E-state index contributed by atoms with van der Waals surface area (Å²) in [6.45, 7) is 4.65. The van der Waals surface area contributed by atoms with E-state index in [-0.39, 0.29) is 30.2 Å². The first-order valence-electron chi connectivity index (χ1n) is 13.2. The average molecular weight is 623 g/mol. The van der Waals surface area contributed by atoms with E-state index in [2.05, 4.69) is 15.5 Å². The summed E-state index contributed by atoms with van der Waals surface area (Å²) in [5, 5.41) is 44.0. The maximum atomic E-state index is 13.3. The van der Waals surface area contributed by atoms with Crippen LogP contribution in [0, 0.1) is 30.3 Å². The number of benzene rings is 3. The highest BCUT2D eigenvalue weighted by Gasteiger charge is 2.49. The van der Waals surface area contributed by atoms with E-state index in [1.54, 1.807) is 32.9 Å². The summed E-state index contributed by atoms with van der Waals surface area (Å²) in [7, 11) is 0. The fourth-order valence-corrected chi connectivity index (χ4v) is 4.15. The molecule has 0 spiro atoms. The van der Waals surface area contributed by atoms with Crippen LogP contribution in [0.4, 0.5) is 21.9 Å². The number of esters is 1. The van der Waals surface area contributed by atoms with Crippen molar-refractivity contribution in [2.75, 3.05) is 0 Å². The van der Waals surface area contributed by atoms with Gasteiger partial charge in [0.1, 0.15) is 24.0 Å². The monoisotopic (exact) mass is 622 g/mol. The van der Waals surface area contributed by atoms with E-state index in [9.17, 15) is 39.9 Å². The number of hydrogen-bond donors (Lipinski definition) is 1. The predicted octanol–water partition coefficient (Wildman–Crippen LogP) is 6.06. The zero-order valence-corrected chi connectivity index (χ0v) is 24.1. The number of nitrogens with one attached hydrogen (secondary N) is 1. The van der Waals surface area contributed by atoms with Crippen LogP contribution in [-0.2, 0) is 20.9 Å². The largest absolute Gasteiger partial charge is 0.458 e. The van der Waals surface area contributed by atoms with Crippen molar-refractivity contribution in [1.29, 1.82) is 0 Å². The van der Waals surface area contributed by atoms with Crippen molar-refractivity contribution in [2.24, 2.45) is 10.2 Å². The van der Waals surface area contributed by atoms with Crippen molar-refractivity contribution in [2.45, 2.75) is 51.1 Å². The number of amides is 1. The summed E-state index contributed by atoms with van der Waals surface area (Å²) in [6, 6.07) is 13.7. The van der Waals surface area contributed by atoms with E-state index in [4.69, 9.17) is 14.2 Å². The topological polar surface area (TPSA) is 228 Å². The molecular weight excluding hydrogens is 596 g/mol. The molecule has 1 N–H and O–H groups in total. The van der Waals surface area contributed by atoms with Crippen LogP contribution in [0.15, 0.2) is 77.0 Å². The molecule has 0 aromatic heterocycles. The molecule has 0 saturated carbocycles. The predicted molar refractivity (Wildman–Crippen MR) is 153 cm³/mol. The number of rotatable bonds is 10. The van der Waals surface area contributed by atoms with Crippen LogP contribution in [0.25, 0.3) is 0 Å². The van der Waals surface area contributed by atoms with Gasteiger partial charge in [0.05, 0.1) is 20.8 Å². The minimum Gasteiger partial charge on any atom is -0.458 e. The SMILES string of the molecule is CC(C)(C)OC(=O)NC1(C(=O)OCc2ccc([N+](=O)[O-])cc2)CC(c2ccc(Oc3ccc([N+](=O)[O-])cc3[N+](=O)[O-])cc2)N=N1. The molecule has 234 valence electrons. The maximum absolute atomic E-state index is 13.3. The molecule has 0 radical (unpaired) electrons. The molecule has 0 bridgehead atoms. The van der Waals surface area contributed by atoms with Gasteiger partial charge in [0.25, 0.3) is 17.0 Å². The van der Waals surface area contributed by atoms with Crippen molar-refractivity contribution in [3.63, 3.8) is 0 Å².